The molecule has 0 unspecified atom stereocenters. The summed E-state index contributed by atoms with van der Waals surface area (Å²) in [6.07, 6.45) is -0.455. The quantitative estimate of drug-likeness (QED) is 0.332. The lowest BCUT2D eigenvalue weighted by molar-refractivity contribution is -0.216. The molecule has 12 atom stereocenters. The zero-order chi connectivity index (χ0) is 26.6. The second-order valence-corrected chi connectivity index (χ2v) is 13.6. The second-order valence-electron chi connectivity index (χ2n) is 13.6. The first-order chi connectivity index (χ1) is 16.6. The largest absolute Gasteiger partial charge is 0.393 e. The van der Waals surface area contributed by atoms with Crippen molar-refractivity contribution in [2.45, 2.75) is 114 Å². The molecule has 0 aromatic rings. The summed E-state index contributed by atoms with van der Waals surface area (Å²) >= 11 is 0. The van der Waals surface area contributed by atoms with Crippen LogP contribution in [-0.4, -0.2) is 84.2 Å². The standard InChI is InChI=1S/C28H44O8/c1-14(2)27(13-29)12-22(34)26(5,36-27)21-6-7-28(35)16-9-17(30)15-8-18(31)19(32)10-24(15,3)23(16)20(33)11-25(21,28)4/h9,14-15,18-23,29,31-35H,6-8,10-13H2,1-5H3/t15-,18+,19-,20+,21-,22-,23+,24-,25+,26+,27-,28+/m0/s1. The molecule has 204 valence electrons. The second kappa shape index (κ2) is 8.07. The molecule has 4 aliphatic carbocycles. The van der Waals surface area contributed by atoms with Gasteiger partial charge in [0, 0.05) is 23.7 Å². The van der Waals surface area contributed by atoms with Crippen molar-refractivity contribution in [1.82, 2.24) is 0 Å². The first-order valence-corrected chi connectivity index (χ1v) is 13.6. The van der Waals surface area contributed by atoms with Gasteiger partial charge in [0.25, 0.3) is 0 Å². The average molecular weight is 509 g/mol. The number of ether oxygens (including phenoxy) is 1. The Morgan fingerprint density at radius 3 is 2.28 bits per heavy atom. The van der Waals surface area contributed by atoms with E-state index in [1.165, 1.54) is 6.08 Å². The van der Waals surface area contributed by atoms with Crippen LogP contribution >= 0.6 is 0 Å². The van der Waals surface area contributed by atoms with Crippen molar-refractivity contribution in [3.8, 4) is 0 Å². The summed E-state index contributed by atoms with van der Waals surface area (Å²) in [5.74, 6) is -1.58. The van der Waals surface area contributed by atoms with Crippen LogP contribution in [0.3, 0.4) is 0 Å². The van der Waals surface area contributed by atoms with Gasteiger partial charge in [0.1, 0.15) is 0 Å². The number of fused-ring (bicyclic) bond motifs is 5. The number of hydrogen-bond donors (Lipinski definition) is 6. The van der Waals surface area contributed by atoms with Crippen molar-refractivity contribution >= 4 is 5.78 Å². The number of allylic oxidation sites excluding steroid dienone is 1. The lowest BCUT2D eigenvalue weighted by Gasteiger charge is -2.62. The summed E-state index contributed by atoms with van der Waals surface area (Å²) < 4.78 is 6.59. The molecule has 1 heterocycles. The van der Waals surface area contributed by atoms with Gasteiger partial charge in [0.15, 0.2) is 5.78 Å². The first kappa shape index (κ1) is 26.7. The topological polar surface area (TPSA) is 148 Å². The van der Waals surface area contributed by atoms with Gasteiger partial charge in [-0.2, -0.15) is 0 Å². The number of carbonyl (C=O) groups is 1. The predicted molar refractivity (Wildman–Crippen MR) is 131 cm³/mol. The minimum absolute atomic E-state index is 0.0305. The van der Waals surface area contributed by atoms with Gasteiger partial charge in [-0.05, 0) is 67.9 Å². The van der Waals surface area contributed by atoms with E-state index < -0.39 is 63.9 Å². The van der Waals surface area contributed by atoms with Crippen molar-refractivity contribution in [1.29, 1.82) is 0 Å². The van der Waals surface area contributed by atoms with E-state index in [0.717, 1.165) is 0 Å². The monoisotopic (exact) mass is 508 g/mol. The van der Waals surface area contributed by atoms with Crippen LogP contribution in [0.1, 0.15) is 73.1 Å². The van der Waals surface area contributed by atoms with Crippen LogP contribution in [0.15, 0.2) is 11.6 Å². The summed E-state index contributed by atoms with van der Waals surface area (Å²) in [6.45, 7) is 9.38. The molecule has 36 heavy (non-hydrogen) atoms. The maximum Gasteiger partial charge on any atom is 0.159 e. The SMILES string of the molecule is CC(C)[C@@]1(CO)C[C@H](O)[C@@](C)([C@H]2CC[C@@]3(O)C4=CC(=O)[C@@H]5C[C@@H](O)[C@@H](O)C[C@]5(C)[C@H]4[C@H](O)C[C@]23C)O1. The summed E-state index contributed by atoms with van der Waals surface area (Å²) in [6, 6.07) is 0. The fourth-order valence-corrected chi connectivity index (χ4v) is 9.42. The molecular weight excluding hydrogens is 464 g/mol. The van der Waals surface area contributed by atoms with Gasteiger partial charge in [0.05, 0.1) is 47.8 Å². The number of rotatable bonds is 3. The molecule has 4 fully saturated rings. The molecule has 3 saturated carbocycles. The van der Waals surface area contributed by atoms with Gasteiger partial charge in [-0.3, -0.25) is 4.79 Å². The van der Waals surface area contributed by atoms with E-state index in [-0.39, 0.29) is 49.9 Å². The van der Waals surface area contributed by atoms with Crippen molar-refractivity contribution in [2.24, 2.45) is 34.5 Å². The van der Waals surface area contributed by atoms with E-state index in [4.69, 9.17) is 4.74 Å². The molecular formula is C28H44O8. The minimum atomic E-state index is -1.39. The number of ketones is 1. The van der Waals surface area contributed by atoms with Crippen LogP contribution in [0.2, 0.25) is 0 Å². The van der Waals surface area contributed by atoms with E-state index in [1.807, 2.05) is 34.6 Å². The Morgan fingerprint density at radius 1 is 1.03 bits per heavy atom. The van der Waals surface area contributed by atoms with Crippen LogP contribution in [0.25, 0.3) is 0 Å². The predicted octanol–water partition coefficient (Wildman–Crippen LogP) is 1.09. The van der Waals surface area contributed by atoms with Crippen LogP contribution in [-0.2, 0) is 9.53 Å². The highest BCUT2D eigenvalue weighted by molar-refractivity contribution is 5.95. The highest BCUT2D eigenvalue weighted by atomic mass is 16.6. The normalized spacial score (nSPS) is 56.8. The Bertz CT molecular complexity index is 965. The van der Waals surface area contributed by atoms with Gasteiger partial charge < -0.3 is 35.4 Å². The molecule has 0 spiro atoms. The average Bonchev–Trinajstić information content (AvgIpc) is 3.21. The third-order valence-electron chi connectivity index (χ3n) is 11.7. The molecule has 8 heteroatoms. The van der Waals surface area contributed by atoms with Crippen molar-refractivity contribution in [2.75, 3.05) is 6.61 Å². The van der Waals surface area contributed by atoms with Crippen molar-refractivity contribution < 1.29 is 40.2 Å². The van der Waals surface area contributed by atoms with E-state index in [1.54, 1.807) is 0 Å². The zero-order valence-corrected chi connectivity index (χ0v) is 22.1. The highest BCUT2D eigenvalue weighted by Crippen LogP contribution is 2.70. The van der Waals surface area contributed by atoms with Crippen molar-refractivity contribution in [3.05, 3.63) is 11.6 Å². The molecule has 8 nitrogen and oxygen atoms in total. The Kier molecular flexibility index (Phi) is 5.99. The van der Waals surface area contributed by atoms with E-state index in [2.05, 4.69) is 0 Å². The molecule has 1 aliphatic heterocycles. The maximum atomic E-state index is 13.4. The van der Waals surface area contributed by atoms with Crippen LogP contribution in [0, 0.1) is 34.5 Å². The molecule has 0 radical (unpaired) electrons. The van der Waals surface area contributed by atoms with Gasteiger partial charge >= 0.3 is 0 Å². The molecule has 0 amide bonds. The number of aliphatic hydroxyl groups excluding tert-OH is 5. The van der Waals surface area contributed by atoms with Crippen molar-refractivity contribution in [3.63, 3.8) is 0 Å². The number of carbonyl (C=O) groups excluding carboxylic acids is 1. The summed E-state index contributed by atoms with van der Waals surface area (Å²) in [7, 11) is 0. The smallest absolute Gasteiger partial charge is 0.159 e. The summed E-state index contributed by atoms with van der Waals surface area (Å²) in [5.41, 5.74) is -4.47. The molecule has 0 aromatic carbocycles. The fraction of sp³-hybridized carbons (Fsp3) is 0.893. The van der Waals surface area contributed by atoms with Crippen LogP contribution in [0.4, 0.5) is 0 Å². The Hall–Kier alpha value is -0.870. The number of aliphatic hydroxyl groups is 6. The Labute approximate surface area is 213 Å². The lowest BCUT2D eigenvalue weighted by Crippen LogP contribution is -2.66. The number of hydrogen-bond acceptors (Lipinski definition) is 8. The van der Waals surface area contributed by atoms with Gasteiger partial charge in [0.2, 0.25) is 0 Å². The first-order valence-electron chi connectivity index (χ1n) is 13.6. The highest BCUT2D eigenvalue weighted by Gasteiger charge is 2.73. The van der Waals surface area contributed by atoms with E-state index >= 15 is 0 Å². The molecule has 6 N–H and O–H groups in total. The third kappa shape index (κ3) is 3.15. The molecule has 0 bridgehead atoms. The lowest BCUT2D eigenvalue weighted by atomic mass is 9.45. The van der Waals surface area contributed by atoms with Gasteiger partial charge in [-0.1, -0.05) is 27.7 Å². The Morgan fingerprint density at radius 2 is 1.69 bits per heavy atom. The minimum Gasteiger partial charge on any atom is -0.393 e. The van der Waals surface area contributed by atoms with Crippen LogP contribution in [0.5, 0.6) is 0 Å². The fourth-order valence-electron chi connectivity index (χ4n) is 9.42. The molecule has 5 rings (SSSR count). The summed E-state index contributed by atoms with van der Waals surface area (Å²) in [5, 5.41) is 66.4. The third-order valence-corrected chi connectivity index (χ3v) is 11.7. The molecule has 0 aromatic heterocycles. The Balaban J connectivity index is 1.57. The maximum absolute atomic E-state index is 13.4. The van der Waals surface area contributed by atoms with Crippen LogP contribution < -0.4 is 0 Å². The molecule has 1 saturated heterocycles. The molecule has 5 aliphatic rings. The zero-order valence-electron chi connectivity index (χ0n) is 22.1. The van der Waals surface area contributed by atoms with Gasteiger partial charge in [-0.25, -0.2) is 0 Å². The van der Waals surface area contributed by atoms with E-state index in [9.17, 15) is 35.4 Å². The van der Waals surface area contributed by atoms with E-state index in [0.29, 0.717) is 18.4 Å². The summed E-state index contributed by atoms with van der Waals surface area (Å²) in [4.78, 5) is 13.4. The van der Waals surface area contributed by atoms with Gasteiger partial charge in [-0.15, -0.1) is 0 Å².